The van der Waals surface area contributed by atoms with Gasteiger partial charge in [-0.25, -0.2) is 0 Å². The molecule has 6 heteroatoms. The molecule has 2 aromatic carbocycles. The van der Waals surface area contributed by atoms with Gasteiger partial charge >= 0.3 is 10.1 Å². The molecule has 0 atom stereocenters. The summed E-state index contributed by atoms with van der Waals surface area (Å²) < 4.78 is 28.2. The predicted molar refractivity (Wildman–Crippen MR) is 76.6 cm³/mol. The second-order valence-corrected chi connectivity index (χ2v) is 5.66. The van der Waals surface area contributed by atoms with E-state index in [0.717, 1.165) is 11.1 Å². The van der Waals surface area contributed by atoms with Crippen LogP contribution in [-0.4, -0.2) is 14.6 Å². The van der Waals surface area contributed by atoms with E-state index in [-0.39, 0.29) is 4.90 Å². The van der Waals surface area contributed by atoms with E-state index < -0.39 is 10.1 Å². The molecule has 5 nitrogen and oxygen atoms in total. The fraction of sp³-hybridized carbons (Fsp3) is 0.0714. The molecule has 0 spiro atoms. The first-order valence-electron chi connectivity index (χ1n) is 5.91. The van der Waals surface area contributed by atoms with Crippen LogP contribution < -0.4 is 5.59 Å². The predicted octanol–water partition coefficient (Wildman–Crippen LogP) is 2.24. The zero-order valence-electron chi connectivity index (χ0n) is 10.9. The van der Waals surface area contributed by atoms with Gasteiger partial charge in [-0.05, 0) is 24.6 Å². The van der Waals surface area contributed by atoms with Gasteiger partial charge in [-0.3, -0.25) is 0 Å². The third-order valence-corrected chi connectivity index (χ3v) is 3.67. The maximum atomic E-state index is 11.8. The van der Waals surface area contributed by atoms with Crippen molar-refractivity contribution in [3.05, 3.63) is 65.7 Å². The molecule has 104 valence electrons. The summed E-state index contributed by atoms with van der Waals surface area (Å²) in [5.74, 6) is 0. The molecule has 0 saturated carbocycles. The van der Waals surface area contributed by atoms with E-state index in [0.29, 0.717) is 0 Å². The Hall–Kier alpha value is -2.18. The topological polar surface area (TPSA) is 67.8 Å². The largest absolute Gasteiger partial charge is 0.318 e. The molecule has 0 amide bonds. The molecule has 0 aliphatic heterocycles. The van der Waals surface area contributed by atoms with Gasteiger partial charge in [0.25, 0.3) is 0 Å². The van der Waals surface area contributed by atoms with Crippen molar-refractivity contribution in [1.82, 2.24) is 5.59 Å². The molecule has 1 N–H and O–H groups in total. The first-order chi connectivity index (χ1) is 9.58. The third-order valence-electron chi connectivity index (χ3n) is 2.52. The molecule has 0 radical (unpaired) electrons. The third kappa shape index (κ3) is 3.91. The van der Waals surface area contributed by atoms with Gasteiger partial charge in [0.05, 0.1) is 11.1 Å². The van der Waals surface area contributed by atoms with E-state index in [1.165, 1.54) is 18.3 Å². The summed E-state index contributed by atoms with van der Waals surface area (Å²) >= 11 is 0. The Labute approximate surface area is 118 Å². The van der Waals surface area contributed by atoms with Crippen molar-refractivity contribution in [2.24, 2.45) is 5.10 Å². The van der Waals surface area contributed by atoms with Gasteiger partial charge in [0, 0.05) is 0 Å². The molecule has 0 aliphatic rings. The van der Waals surface area contributed by atoms with E-state index >= 15 is 0 Å². The van der Waals surface area contributed by atoms with Crippen LogP contribution in [0.2, 0.25) is 0 Å². The van der Waals surface area contributed by atoms with E-state index in [4.69, 9.17) is 0 Å². The smallest absolute Gasteiger partial charge is 0.192 e. The van der Waals surface area contributed by atoms with Crippen molar-refractivity contribution in [2.45, 2.75) is 11.8 Å². The summed E-state index contributed by atoms with van der Waals surface area (Å²) in [4.78, 5) is 0.0745. The fourth-order valence-electron chi connectivity index (χ4n) is 1.46. The Morgan fingerprint density at radius 3 is 2.35 bits per heavy atom. The van der Waals surface area contributed by atoms with Gasteiger partial charge in [0.1, 0.15) is 0 Å². The Morgan fingerprint density at radius 2 is 1.70 bits per heavy atom. The monoisotopic (exact) mass is 290 g/mol. The molecule has 0 unspecified atom stereocenters. The average Bonchev–Trinajstić information content (AvgIpc) is 2.45. The molecular formula is C14H14N2O3S. The van der Waals surface area contributed by atoms with Crippen LogP contribution in [0.1, 0.15) is 11.1 Å². The maximum absolute atomic E-state index is 11.8. The van der Waals surface area contributed by atoms with Crippen molar-refractivity contribution >= 4 is 16.3 Å². The van der Waals surface area contributed by atoms with Crippen LogP contribution in [0.3, 0.4) is 0 Å². The lowest BCUT2D eigenvalue weighted by atomic mass is 10.2. The lowest BCUT2D eigenvalue weighted by Gasteiger charge is -2.03. The minimum absolute atomic E-state index is 0.0745. The van der Waals surface area contributed by atoms with Gasteiger partial charge in [-0.2, -0.15) is 19.1 Å². The van der Waals surface area contributed by atoms with Crippen LogP contribution in [0.5, 0.6) is 0 Å². The number of hydrazone groups is 1. The Kier molecular flexibility index (Phi) is 4.49. The van der Waals surface area contributed by atoms with Crippen molar-refractivity contribution in [2.75, 3.05) is 0 Å². The molecule has 0 aromatic heterocycles. The number of hydrogen-bond donors (Lipinski definition) is 1. The summed E-state index contributed by atoms with van der Waals surface area (Å²) in [6.45, 7) is 1.87. The summed E-state index contributed by atoms with van der Waals surface area (Å²) in [6, 6.07) is 15.6. The van der Waals surface area contributed by atoms with Gasteiger partial charge in [0.2, 0.25) is 0 Å². The van der Waals surface area contributed by atoms with Crippen molar-refractivity contribution in [3.8, 4) is 0 Å². The lowest BCUT2D eigenvalue weighted by Crippen LogP contribution is -2.15. The van der Waals surface area contributed by atoms with E-state index in [9.17, 15) is 8.42 Å². The quantitative estimate of drug-likeness (QED) is 0.677. The number of nitrogens with one attached hydrogen (secondary N) is 1. The Balaban J connectivity index is 1.96. The molecule has 0 saturated heterocycles. The average molecular weight is 290 g/mol. The Bertz CT molecular complexity index is 680. The van der Waals surface area contributed by atoms with Crippen molar-refractivity contribution in [3.63, 3.8) is 0 Å². The number of benzene rings is 2. The normalized spacial score (nSPS) is 11.7. The summed E-state index contributed by atoms with van der Waals surface area (Å²) in [6.07, 6.45) is 1.46. The SMILES string of the molecule is Cc1ccc(S(=O)(=O)ON/N=C\c2ccccc2)cc1. The second-order valence-electron chi connectivity index (χ2n) is 4.11. The molecular weight excluding hydrogens is 276 g/mol. The van der Waals surface area contributed by atoms with Crippen LogP contribution >= 0.6 is 0 Å². The van der Waals surface area contributed by atoms with Gasteiger partial charge in [-0.1, -0.05) is 48.0 Å². The molecule has 0 aliphatic carbocycles. The summed E-state index contributed by atoms with van der Waals surface area (Å²) in [5.41, 5.74) is 3.87. The maximum Gasteiger partial charge on any atom is 0.318 e. The minimum Gasteiger partial charge on any atom is -0.192 e. The van der Waals surface area contributed by atoms with Crippen LogP contribution in [0.25, 0.3) is 0 Å². The molecule has 2 rings (SSSR count). The van der Waals surface area contributed by atoms with Crippen LogP contribution in [0.4, 0.5) is 0 Å². The Morgan fingerprint density at radius 1 is 1.05 bits per heavy atom. The zero-order valence-corrected chi connectivity index (χ0v) is 11.7. The van der Waals surface area contributed by atoms with E-state index in [1.807, 2.05) is 37.3 Å². The summed E-state index contributed by atoms with van der Waals surface area (Å²) in [7, 11) is -3.86. The first kappa shape index (κ1) is 14.2. The van der Waals surface area contributed by atoms with Gasteiger partial charge in [-0.15, -0.1) is 4.28 Å². The molecule has 20 heavy (non-hydrogen) atoms. The molecule has 0 fully saturated rings. The molecule has 0 bridgehead atoms. The van der Waals surface area contributed by atoms with Gasteiger partial charge < -0.3 is 0 Å². The highest BCUT2D eigenvalue weighted by Crippen LogP contribution is 2.11. The number of rotatable bonds is 5. The highest BCUT2D eigenvalue weighted by Gasteiger charge is 2.14. The number of nitrogens with zero attached hydrogens (tertiary/aromatic N) is 1. The standard InChI is InChI=1S/C14H14N2O3S/c1-12-7-9-14(10-8-12)20(17,18)19-16-15-11-13-5-3-2-4-6-13/h2-11,16H,1H3/b15-11-. The minimum atomic E-state index is -3.86. The molecule has 0 heterocycles. The van der Waals surface area contributed by atoms with Crippen LogP contribution in [0.15, 0.2) is 64.6 Å². The van der Waals surface area contributed by atoms with Crippen molar-refractivity contribution in [1.29, 1.82) is 0 Å². The summed E-state index contributed by atoms with van der Waals surface area (Å²) in [5, 5.41) is 3.69. The second kappa shape index (κ2) is 6.31. The number of aryl methyl sites for hydroxylation is 1. The molecule has 2 aromatic rings. The first-order valence-corrected chi connectivity index (χ1v) is 7.32. The van der Waals surface area contributed by atoms with Crippen molar-refractivity contribution < 1.29 is 12.7 Å². The van der Waals surface area contributed by atoms with E-state index in [2.05, 4.69) is 15.0 Å². The van der Waals surface area contributed by atoms with Crippen LogP contribution in [-0.2, 0) is 14.4 Å². The van der Waals surface area contributed by atoms with E-state index in [1.54, 1.807) is 12.1 Å². The zero-order chi connectivity index (χ0) is 14.4. The number of hydrogen-bond acceptors (Lipinski definition) is 5. The lowest BCUT2D eigenvalue weighted by molar-refractivity contribution is 0.210. The highest BCUT2D eigenvalue weighted by molar-refractivity contribution is 7.86. The highest BCUT2D eigenvalue weighted by atomic mass is 32.2. The van der Waals surface area contributed by atoms with Gasteiger partial charge in [0.15, 0.2) is 0 Å². The fourth-order valence-corrected chi connectivity index (χ4v) is 2.17. The van der Waals surface area contributed by atoms with Crippen LogP contribution in [0, 0.1) is 6.92 Å².